The zero-order valence-electron chi connectivity index (χ0n) is 22.9. The van der Waals surface area contributed by atoms with E-state index in [1.807, 2.05) is 13.8 Å². The first kappa shape index (κ1) is 29.2. The van der Waals surface area contributed by atoms with E-state index in [-0.39, 0.29) is 24.5 Å². The van der Waals surface area contributed by atoms with Gasteiger partial charge in [-0.05, 0) is 82.6 Å². The number of halogens is 3. The summed E-state index contributed by atoms with van der Waals surface area (Å²) in [6, 6.07) is 11.1. The lowest BCUT2D eigenvalue weighted by Gasteiger charge is -2.32. The number of nitrogens with one attached hydrogen (secondary N) is 1. The van der Waals surface area contributed by atoms with Gasteiger partial charge in [0, 0.05) is 22.8 Å². The average Bonchev–Trinajstić information content (AvgIpc) is 2.86. The number of aryl methyl sites for hydroxylation is 1. The topological polar surface area (TPSA) is 115 Å². The van der Waals surface area contributed by atoms with Crippen LogP contribution in [0.3, 0.4) is 0 Å². The Labute approximate surface area is 236 Å². The van der Waals surface area contributed by atoms with Gasteiger partial charge in [-0.25, -0.2) is 9.97 Å². The van der Waals surface area contributed by atoms with Crippen LogP contribution >= 0.6 is 11.6 Å². The number of nitrogens with zero attached hydrogens (tertiary/aromatic N) is 3. The highest BCUT2D eigenvalue weighted by Gasteiger charge is 2.47. The molecule has 4 rings (SSSR count). The molecular weight excluding hydrogens is 540 g/mol. The summed E-state index contributed by atoms with van der Waals surface area (Å²) in [7, 11) is 0. The number of fused-ring (bicyclic) bond motifs is 1. The van der Waals surface area contributed by atoms with Crippen molar-refractivity contribution in [3.63, 3.8) is 0 Å². The molecule has 2 aromatic heterocycles. The van der Waals surface area contributed by atoms with Crippen LogP contribution in [-0.4, -0.2) is 38.9 Å². The van der Waals surface area contributed by atoms with E-state index in [4.69, 9.17) is 26.8 Å². The summed E-state index contributed by atoms with van der Waals surface area (Å²) < 4.78 is 41.6. The fourth-order valence-corrected chi connectivity index (χ4v) is 4.32. The minimum Gasteiger partial charge on any atom is -0.488 e. The fraction of sp³-hybridized carbons (Fsp3) is 0.345. The molecule has 4 aromatic rings. The number of alkyl halides is 2. The standard InChI is InChI=1S/C29H32ClF2N5O3/c1-17-35-24-15-23(30)25(40-10-9-39-21-7-6-8-34-16-21)14-22(24)26(36-17)37-27(2,3)18-11-19(13-20(33)12-18)29(31,32)28(4,5)38/h6-8,11-16,38H,9-10,33H2,1-5H3,(H,35,36,37). The van der Waals surface area contributed by atoms with Crippen molar-refractivity contribution in [2.24, 2.45) is 0 Å². The zero-order valence-corrected chi connectivity index (χ0v) is 23.7. The normalized spacial score (nSPS) is 12.4. The van der Waals surface area contributed by atoms with Crippen LogP contribution in [0, 0.1) is 6.92 Å². The molecule has 0 spiro atoms. The largest absolute Gasteiger partial charge is 0.488 e. The maximum absolute atomic E-state index is 15.0. The highest BCUT2D eigenvalue weighted by atomic mass is 35.5. The second kappa shape index (κ2) is 11.0. The van der Waals surface area contributed by atoms with Gasteiger partial charge in [-0.3, -0.25) is 4.98 Å². The molecule has 0 aliphatic heterocycles. The van der Waals surface area contributed by atoms with Crippen LogP contribution in [-0.2, 0) is 11.5 Å². The predicted molar refractivity (Wildman–Crippen MR) is 152 cm³/mol. The van der Waals surface area contributed by atoms with Crippen molar-refractivity contribution in [3.8, 4) is 11.5 Å². The molecule has 0 bridgehead atoms. The van der Waals surface area contributed by atoms with Crippen LogP contribution < -0.4 is 20.5 Å². The first-order valence-corrected chi connectivity index (χ1v) is 13.0. The molecule has 0 fully saturated rings. The number of ether oxygens (including phenoxy) is 2. The monoisotopic (exact) mass is 571 g/mol. The Morgan fingerprint density at radius 3 is 2.38 bits per heavy atom. The Kier molecular flexibility index (Phi) is 8.05. The van der Waals surface area contributed by atoms with Gasteiger partial charge in [0.05, 0.1) is 22.3 Å². The van der Waals surface area contributed by atoms with Crippen molar-refractivity contribution >= 4 is 34.0 Å². The highest BCUT2D eigenvalue weighted by Crippen LogP contribution is 2.41. The molecule has 40 heavy (non-hydrogen) atoms. The highest BCUT2D eigenvalue weighted by molar-refractivity contribution is 6.32. The van der Waals surface area contributed by atoms with E-state index >= 15 is 8.78 Å². The number of benzene rings is 2. The zero-order chi connectivity index (χ0) is 29.3. The van der Waals surface area contributed by atoms with Gasteiger partial charge in [0.1, 0.15) is 42.0 Å². The SMILES string of the molecule is Cc1nc(NC(C)(C)c2cc(N)cc(C(F)(F)C(C)(C)O)c2)c2cc(OCCOc3cccnc3)c(Cl)cc2n1. The molecule has 2 heterocycles. The summed E-state index contributed by atoms with van der Waals surface area (Å²) in [6.07, 6.45) is 3.27. The quantitative estimate of drug-likeness (QED) is 0.151. The van der Waals surface area contributed by atoms with Crippen molar-refractivity contribution in [1.29, 1.82) is 0 Å². The summed E-state index contributed by atoms with van der Waals surface area (Å²) in [5, 5.41) is 14.4. The second-order valence-electron chi connectivity index (χ2n) is 10.5. The molecule has 212 valence electrons. The third-order valence-electron chi connectivity index (χ3n) is 6.34. The minimum absolute atomic E-state index is 0.144. The van der Waals surface area contributed by atoms with Gasteiger partial charge in [0.15, 0.2) is 0 Å². The van der Waals surface area contributed by atoms with Crippen molar-refractivity contribution in [3.05, 3.63) is 76.8 Å². The van der Waals surface area contributed by atoms with Crippen LogP contribution in [0.5, 0.6) is 11.5 Å². The van der Waals surface area contributed by atoms with Gasteiger partial charge in [0.2, 0.25) is 0 Å². The van der Waals surface area contributed by atoms with E-state index in [2.05, 4.69) is 20.3 Å². The van der Waals surface area contributed by atoms with E-state index in [9.17, 15) is 5.11 Å². The molecule has 11 heteroatoms. The molecule has 0 radical (unpaired) electrons. The summed E-state index contributed by atoms with van der Waals surface area (Å²) >= 11 is 6.49. The summed E-state index contributed by atoms with van der Waals surface area (Å²) in [6.45, 7) is 8.00. The Balaban J connectivity index is 1.63. The lowest BCUT2D eigenvalue weighted by Crippen LogP contribution is -2.40. The fourth-order valence-electron chi connectivity index (χ4n) is 4.11. The Bertz CT molecular complexity index is 1510. The summed E-state index contributed by atoms with van der Waals surface area (Å²) in [5.74, 6) is -1.55. The number of anilines is 2. The lowest BCUT2D eigenvalue weighted by molar-refractivity contribution is -0.168. The molecule has 0 amide bonds. The first-order chi connectivity index (χ1) is 18.7. The smallest absolute Gasteiger partial charge is 0.300 e. The van der Waals surface area contributed by atoms with E-state index in [1.165, 1.54) is 12.1 Å². The lowest BCUT2D eigenvalue weighted by atomic mass is 9.87. The summed E-state index contributed by atoms with van der Waals surface area (Å²) in [4.78, 5) is 13.1. The van der Waals surface area contributed by atoms with Gasteiger partial charge >= 0.3 is 5.92 Å². The van der Waals surface area contributed by atoms with Gasteiger partial charge in [-0.2, -0.15) is 8.78 Å². The summed E-state index contributed by atoms with van der Waals surface area (Å²) in [5.41, 5.74) is 3.65. The van der Waals surface area contributed by atoms with Crippen LogP contribution in [0.2, 0.25) is 5.02 Å². The van der Waals surface area contributed by atoms with Crippen LogP contribution in [0.1, 0.15) is 44.6 Å². The number of nitrogen functional groups attached to an aromatic ring is 1. The Morgan fingerprint density at radius 1 is 1.00 bits per heavy atom. The Hall–Kier alpha value is -3.76. The van der Waals surface area contributed by atoms with Gasteiger partial charge in [-0.1, -0.05) is 11.6 Å². The minimum atomic E-state index is -3.53. The predicted octanol–water partition coefficient (Wildman–Crippen LogP) is 6.24. The van der Waals surface area contributed by atoms with Crippen molar-refractivity contribution in [1.82, 2.24) is 15.0 Å². The van der Waals surface area contributed by atoms with E-state index in [0.29, 0.717) is 44.6 Å². The number of rotatable bonds is 10. The van der Waals surface area contributed by atoms with Crippen molar-refractivity contribution < 1.29 is 23.4 Å². The molecule has 8 nitrogen and oxygen atoms in total. The van der Waals surface area contributed by atoms with Gasteiger partial charge in [0.25, 0.3) is 0 Å². The molecule has 0 aliphatic carbocycles. The number of aliphatic hydroxyl groups is 1. The molecule has 4 N–H and O–H groups in total. The van der Waals surface area contributed by atoms with Crippen molar-refractivity contribution in [2.45, 2.75) is 51.7 Å². The van der Waals surface area contributed by atoms with Gasteiger partial charge in [-0.15, -0.1) is 0 Å². The maximum atomic E-state index is 15.0. The number of hydrogen-bond donors (Lipinski definition) is 3. The Morgan fingerprint density at radius 2 is 1.70 bits per heavy atom. The number of hydrogen-bond acceptors (Lipinski definition) is 8. The average molecular weight is 572 g/mol. The number of aromatic nitrogens is 3. The molecule has 2 aromatic carbocycles. The third kappa shape index (κ3) is 6.34. The number of pyridine rings is 1. The first-order valence-electron chi connectivity index (χ1n) is 12.6. The third-order valence-corrected chi connectivity index (χ3v) is 6.64. The van der Waals surface area contributed by atoms with Crippen LogP contribution in [0.15, 0.2) is 54.9 Å². The molecule has 0 unspecified atom stereocenters. The van der Waals surface area contributed by atoms with Gasteiger partial charge < -0.3 is 25.6 Å². The second-order valence-corrected chi connectivity index (χ2v) is 10.9. The molecule has 0 atom stereocenters. The molecule has 0 saturated carbocycles. The molecule has 0 aliphatic rings. The van der Waals surface area contributed by atoms with E-state index in [0.717, 1.165) is 13.8 Å². The van der Waals surface area contributed by atoms with E-state index in [1.54, 1.807) is 49.6 Å². The van der Waals surface area contributed by atoms with E-state index < -0.39 is 17.1 Å². The van der Waals surface area contributed by atoms with Crippen LogP contribution in [0.25, 0.3) is 10.9 Å². The molecular formula is C29H32ClF2N5O3. The molecule has 0 saturated heterocycles. The van der Waals surface area contributed by atoms with Crippen LogP contribution in [0.4, 0.5) is 20.3 Å². The number of nitrogens with two attached hydrogens (primary N) is 1. The van der Waals surface area contributed by atoms with Crippen molar-refractivity contribution in [2.75, 3.05) is 24.3 Å². The maximum Gasteiger partial charge on any atom is 0.300 e.